The van der Waals surface area contributed by atoms with Crippen molar-refractivity contribution in [2.45, 2.75) is 71.3 Å². The third kappa shape index (κ3) is 5.69. The van der Waals surface area contributed by atoms with Crippen LogP contribution in [0.5, 0.6) is 0 Å². The van der Waals surface area contributed by atoms with Crippen molar-refractivity contribution in [1.82, 2.24) is 9.62 Å². The topological polar surface area (TPSA) is 79.6 Å². The maximum absolute atomic E-state index is 13.1. The predicted octanol–water partition coefficient (Wildman–Crippen LogP) is 5.19. The highest BCUT2D eigenvalue weighted by Gasteiger charge is 2.35. The van der Waals surface area contributed by atoms with E-state index in [1.54, 1.807) is 6.07 Å². The van der Waals surface area contributed by atoms with Crippen LogP contribution in [0.3, 0.4) is 0 Å². The van der Waals surface area contributed by atoms with Gasteiger partial charge in [0.2, 0.25) is 11.0 Å². The smallest absolute Gasteiger partial charge is 0.277 e. The molecule has 2 aliphatic rings. The van der Waals surface area contributed by atoms with Crippen molar-refractivity contribution in [3.05, 3.63) is 30.5 Å². The van der Waals surface area contributed by atoms with Crippen molar-refractivity contribution < 1.29 is 17.6 Å². The van der Waals surface area contributed by atoms with Crippen LogP contribution in [0.25, 0.3) is 10.8 Å². The summed E-state index contributed by atoms with van der Waals surface area (Å²) in [6, 6.07) is 7.29. The third-order valence-corrected chi connectivity index (χ3v) is 8.13. The lowest BCUT2D eigenvalue weighted by atomic mass is 9.90. The monoisotopic (exact) mass is 450 g/mol. The van der Waals surface area contributed by atoms with Crippen molar-refractivity contribution in [3.63, 3.8) is 0 Å². The second-order valence-electron chi connectivity index (χ2n) is 8.42. The van der Waals surface area contributed by atoms with E-state index < -0.39 is 10.0 Å². The van der Waals surface area contributed by atoms with Crippen molar-refractivity contribution in [2.75, 3.05) is 19.6 Å². The lowest BCUT2D eigenvalue weighted by molar-refractivity contribution is -0.125. The third-order valence-electron chi connectivity index (χ3n) is 6.34. The van der Waals surface area contributed by atoms with Gasteiger partial charge in [-0.15, -0.1) is 0 Å². The molecule has 31 heavy (non-hydrogen) atoms. The molecule has 1 saturated carbocycles. The van der Waals surface area contributed by atoms with E-state index in [0.717, 1.165) is 37.5 Å². The Morgan fingerprint density at radius 2 is 1.71 bits per heavy atom. The van der Waals surface area contributed by atoms with E-state index in [1.165, 1.54) is 29.8 Å². The van der Waals surface area contributed by atoms with Crippen LogP contribution in [-0.2, 0) is 14.8 Å². The number of sulfonamides is 1. The molecule has 0 bridgehead atoms. The second-order valence-corrected chi connectivity index (χ2v) is 10.3. The molecule has 1 unspecified atom stereocenters. The van der Waals surface area contributed by atoms with Gasteiger partial charge in [0, 0.05) is 36.3 Å². The normalized spacial score (nSPS) is 21.0. The standard InChI is InChI=1S/C22H30N2O4S.2CH4/c25-21(18-8-4-2-1-3-5-9-18)23-14-17-12-13-24(15-17)29(26,27)22-20-11-7-6-10-19(20)16-28-22;;/h6-7,10-11,16-18H,1-5,8-9,12-15H2,(H,23,25);2*1H4. The zero-order chi connectivity index (χ0) is 20.3. The van der Waals surface area contributed by atoms with Crippen molar-refractivity contribution in [3.8, 4) is 0 Å². The van der Waals surface area contributed by atoms with E-state index in [9.17, 15) is 13.2 Å². The number of hydrogen-bond donors (Lipinski definition) is 1. The number of carbonyl (C=O) groups is 1. The van der Waals surface area contributed by atoms with Gasteiger partial charge in [-0.2, -0.15) is 4.31 Å². The van der Waals surface area contributed by atoms with Crippen LogP contribution in [-0.4, -0.2) is 38.3 Å². The minimum atomic E-state index is -3.67. The first-order valence-corrected chi connectivity index (χ1v) is 12.2. The minimum Gasteiger partial charge on any atom is -0.450 e. The molecule has 2 fully saturated rings. The van der Waals surface area contributed by atoms with E-state index in [0.29, 0.717) is 25.0 Å². The van der Waals surface area contributed by atoms with Crippen LogP contribution in [0.15, 0.2) is 40.0 Å². The van der Waals surface area contributed by atoms with Gasteiger partial charge in [-0.05, 0) is 31.2 Å². The first kappa shape index (κ1) is 25.4. The summed E-state index contributed by atoms with van der Waals surface area (Å²) in [4.78, 5) is 12.6. The van der Waals surface area contributed by atoms with Gasteiger partial charge in [-0.3, -0.25) is 4.79 Å². The number of rotatable bonds is 5. The fourth-order valence-corrected chi connectivity index (χ4v) is 6.19. The molecular formula is C24H38N2O4S. The van der Waals surface area contributed by atoms with Crippen molar-refractivity contribution >= 4 is 26.7 Å². The van der Waals surface area contributed by atoms with Gasteiger partial charge < -0.3 is 9.73 Å². The molecule has 0 radical (unpaired) electrons. The number of carbonyl (C=O) groups excluding carboxylic acids is 1. The number of fused-ring (bicyclic) bond motifs is 1. The molecule has 0 spiro atoms. The highest BCUT2D eigenvalue weighted by atomic mass is 32.2. The van der Waals surface area contributed by atoms with Gasteiger partial charge in [0.05, 0.1) is 0 Å². The Morgan fingerprint density at radius 1 is 1.03 bits per heavy atom. The molecule has 7 heteroatoms. The Hall–Kier alpha value is -1.86. The van der Waals surface area contributed by atoms with Gasteiger partial charge in [0.1, 0.15) is 6.26 Å². The Labute approximate surface area is 187 Å². The molecule has 1 N–H and O–H groups in total. The Balaban J connectivity index is 0.00000171. The fraction of sp³-hybridized carbons (Fsp3) is 0.625. The van der Waals surface area contributed by atoms with E-state index in [2.05, 4.69) is 5.32 Å². The van der Waals surface area contributed by atoms with Gasteiger partial charge in [-0.25, -0.2) is 8.42 Å². The zero-order valence-corrected chi connectivity index (χ0v) is 17.6. The maximum atomic E-state index is 13.1. The number of hydrogen-bond acceptors (Lipinski definition) is 4. The fourth-order valence-electron chi connectivity index (χ4n) is 4.57. The SMILES string of the molecule is C.C.O=C(NCC1CCN(S(=O)(=O)c2occ3ccccc23)C1)C1CCCCCCC1. The lowest BCUT2D eigenvalue weighted by Crippen LogP contribution is -2.36. The molecule has 1 amide bonds. The number of benzene rings is 1. The van der Waals surface area contributed by atoms with Gasteiger partial charge in [-0.1, -0.05) is 65.2 Å². The molecule has 1 saturated heterocycles. The van der Waals surface area contributed by atoms with E-state index in [4.69, 9.17) is 4.42 Å². The van der Waals surface area contributed by atoms with Gasteiger partial charge in [0.15, 0.2) is 0 Å². The minimum absolute atomic E-state index is 0. The maximum Gasteiger partial charge on any atom is 0.277 e. The largest absolute Gasteiger partial charge is 0.450 e. The quantitative estimate of drug-likeness (QED) is 0.680. The number of amides is 1. The first-order chi connectivity index (χ1) is 14.1. The first-order valence-electron chi connectivity index (χ1n) is 10.8. The highest BCUT2D eigenvalue weighted by Crippen LogP contribution is 2.30. The molecule has 2 aromatic rings. The number of nitrogens with one attached hydrogen (secondary N) is 1. The molecule has 1 aliphatic heterocycles. The second kappa shape index (κ2) is 11.1. The van der Waals surface area contributed by atoms with E-state index >= 15 is 0 Å². The summed E-state index contributed by atoms with van der Waals surface area (Å²) in [6.07, 6.45) is 10.2. The molecule has 1 atom stereocenters. The molecule has 1 aromatic carbocycles. The molecule has 1 aliphatic carbocycles. The predicted molar refractivity (Wildman–Crippen MR) is 125 cm³/mol. The van der Waals surface area contributed by atoms with Crippen LogP contribution < -0.4 is 5.32 Å². The summed E-state index contributed by atoms with van der Waals surface area (Å²) in [6.45, 7) is 1.42. The van der Waals surface area contributed by atoms with Crippen molar-refractivity contribution in [1.29, 1.82) is 0 Å². The summed E-state index contributed by atoms with van der Waals surface area (Å²) in [5.41, 5.74) is 0. The van der Waals surface area contributed by atoms with E-state index in [-0.39, 0.29) is 37.7 Å². The lowest BCUT2D eigenvalue weighted by Gasteiger charge is -2.20. The summed E-state index contributed by atoms with van der Waals surface area (Å²) < 4.78 is 33.0. The Morgan fingerprint density at radius 3 is 2.45 bits per heavy atom. The van der Waals surface area contributed by atoms with Gasteiger partial charge in [0.25, 0.3) is 10.0 Å². The number of nitrogens with zero attached hydrogens (tertiary/aromatic N) is 1. The summed E-state index contributed by atoms with van der Waals surface area (Å²) in [7, 11) is -3.67. The van der Waals surface area contributed by atoms with E-state index in [1.807, 2.05) is 18.2 Å². The molecule has 2 heterocycles. The molecule has 6 nitrogen and oxygen atoms in total. The number of furan rings is 1. The van der Waals surface area contributed by atoms with Crippen LogP contribution in [0.1, 0.15) is 66.2 Å². The summed E-state index contributed by atoms with van der Waals surface area (Å²) >= 11 is 0. The molecule has 174 valence electrons. The molecule has 1 aromatic heterocycles. The zero-order valence-electron chi connectivity index (χ0n) is 16.8. The average molecular weight is 451 g/mol. The van der Waals surface area contributed by atoms with Crippen LogP contribution in [0, 0.1) is 11.8 Å². The molecule has 4 rings (SSSR count). The summed E-state index contributed by atoms with van der Waals surface area (Å²) in [5, 5.41) is 4.52. The summed E-state index contributed by atoms with van der Waals surface area (Å²) in [5.74, 6) is 0.403. The Bertz CT molecular complexity index is 945. The Kier molecular flexibility index (Phi) is 9.13. The van der Waals surface area contributed by atoms with Gasteiger partial charge >= 0.3 is 0 Å². The van der Waals surface area contributed by atoms with Crippen LogP contribution in [0.2, 0.25) is 0 Å². The average Bonchev–Trinajstić information content (AvgIpc) is 3.34. The van der Waals surface area contributed by atoms with Crippen LogP contribution in [0.4, 0.5) is 0 Å². The highest BCUT2D eigenvalue weighted by molar-refractivity contribution is 7.89. The molecular weight excluding hydrogens is 412 g/mol. The van der Waals surface area contributed by atoms with Crippen molar-refractivity contribution in [2.24, 2.45) is 11.8 Å². The van der Waals surface area contributed by atoms with Crippen LogP contribution >= 0.6 is 0 Å².